The van der Waals surface area contributed by atoms with E-state index in [0.717, 1.165) is 5.19 Å². The zero-order valence-electron chi connectivity index (χ0n) is 5.19. The lowest BCUT2D eigenvalue weighted by atomic mass is 10.2. The summed E-state index contributed by atoms with van der Waals surface area (Å²) < 4.78 is 11.9. The van der Waals surface area contributed by atoms with E-state index >= 15 is 0 Å². The van der Waals surface area contributed by atoms with E-state index in [1.54, 1.807) is 0 Å². The number of hydrogen-bond acceptors (Lipinski definition) is 0. The van der Waals surface area contributed by atoms with Gasteiger partial charge in [-0.05, 0) is 12.1 Å². The minimum Gasteiger partial charge on any atom is -0.308 e. The fraction of sp³-hybridized carbons (Fsp3) is 0.143. The molecule has 0 aromatic heterocycles. The van der Waals surface area contributed by atoms with Crippen LogP contribution in [0, 0.1) is 6.92 Å². The Hall–Kier alpha value is -0.633. The first-order valence-electron chi connectivity index (χ1n) is 2.76. The zero-order valence-corrected chi connectivity index (χ0v) is 6.19. The molecule has 0 heterocycles. The standard InChI is InChI=1S/C7H7FSi/c1-6-2-4-7(9-8)5-3-6/h2-5H,1H3. The van der Waals surface area contributed by atoms with Crippen LogP contribution < -0.4 is 5.19 Å². The normalized spacial score (nSPS) is 9.56. The maximum absolute atomic E-state index is 11.9. The minimum absolute atomic E-state index is 0.574. The second kappa shape index (κ2) is 2.78. The van der Waals surface area contributed by atoms with Gasteiger partial charge in [-0.15, -0.1) is 0 Å². The first kappa shape index (κ1) is 6.49. The second-order valence-corrected chi connectivity index (χ2v) is 2.73. The van der Waals surface area contributed by atoms with E-state index in [9.17, 15) is 4.11 Å². The van der Waals surface area contributed by atoms with Gasteiger partial charge in [0.15, 0.2) is 0 Å². The van der Waals surface area contributed by atoms with Crippen molar-refractivity contribution in [3.63, 3.8) is 0 Å². The Bertz CT molecular complexity index is 181. The van der Waals surface area contributed by atoms with Crippen LogP contribution in [0.2, 0.25) is 0 Å². The van der Waals surface area contributed by atoms with E-state index < -0.39 is 9.85 Å². The highest BCUT2D eigenvalue weighted by atomic mass is 28.3. The average molecular weight is 138 g/mol. The molecule has 2 radical (unpaired) electrons. The molecule has 0 aliphatic heterocycles. The third kappa shape index (κ3) is 1.64. The highest BCUT2D eigenvalue weighted by Gasteiger charge is 1.90. The van der Waals surface area contributed by atoms with Gasteiger partial charge >= 0.3 is 9.85 Å². The maximum atomic E-state index is 11.9. The number of rotatable bonds is 1. The molecular formula is C7H7FSi. The Balaban J connectivity index is 2.88. The first-order valence-corrected chi connectivity index (χ1v) is 3.64. The average Bonchev–Trinajstić information content (AvgIpc) is 1.90. The van der Waals surface area contributed by atoms with Crippen LogP contribution in [-0.2, 0) is 0 Å². The molecule has 0 saturated heterocycles. The quantitative estimate of drug-likeness (QED) is 0.404. The van der Waals surface area contributed by atoms with E-state index in [1.165, 1.54) is 5.56 Å². The van der Waals surface area contributed by atoms with Crippen LogP contribution in [0.5, 0.6) is 0 Å². The highest BCUT2D eigenvalue weighted by molar-refractivity contribution is 6.46. The largest absolute Gasteiger partial charge is 0.333 e. The van der Waals surface area contributed by atoms with E-state index in [4.69, 9.17) is 0 Å². The van der Waals surface area contributed by atoms with E-state index in [2.05, 4.69) is 0 Å². The van der Waals surface area contributed by atoms with Gasteiger partial charge in [-0.3, -0.25) is 0 Å². The molecule has 0 bridgehead atoms. The molecule has 1 rings (SSSR count). The molecule has 0 nitrogen and oxygen atoms in total. The molecule has 0 unspecified atom stereocenters. The Morgan fingerprint density at radius 2 is 1.78 bits per heavy atom. The lowest BCUT2D eigenvalue weighted by Gasteiger charge is -1.91. The van der Waals surface area contributed by atoms with Gasteiger partial charge < -0.3 is 4.11 Å². The van der Waals surface area contributed by atoms with Crippen LogP contribution in [0.1, 0.15) is 5.56 Å². The smallest absolute Gasteiger partial charge is 0.308 e. The van der Waals surface area contributed by atoms with Crippen LogP contribution in [-0.4, -0.2) is 9.85 Å². The topological polar surface area (TPSA) is 0 Å². The predicted molar refractivity (Wildman–Crippen MR) is 37.7 cm³/mol. The molecule has 46 valence electrons. The van der Waals surface area contributed by atoms with Crippen molar-refractivity contribution in [1.29, 1.82) is 0 Å². The van der Waals surface area contributed by atoms with E-state index in [-0.39, 0.29) is 0 Å². The highest BCUT2D eigenvalue weighted by Crippen LogP contribution is 1.91. The molecule has 9 heavy (non-hydrogen) atoms. The summed E-state index contributed by atoms with van der Waals surface area (Å²) in [4.78, 5) is 0. The summed E-state index contributed by atoms with van der Waals surface area (Å²) in [6, 6.07) is 7.46. The molecule has 1 aromatic rings. The summed E-state index contributed by atoms with van der Waals surface area (Å²) in [6.45, 7) is 1.99. The van der Waals surface area contributed by atoms with Crippen molar-refractivity contribution in [3.05, 3.63) is 29.8 Å². The molecular weight excluding hydrogens is 131 g/mol. The van der Waals surface area contributed by atoms with E-state index in [0.29, 0.717) is 0 Å². The van der Waals surface area contributed by atoms with Gasteiger partial charge in [-0.1, -0.05) is 29.8 Å². The lowest BCUT2D eigenvalue weighted by Crippen LogP contribution is -2.07. The third-order valence-corrected chi connectivity index (χ3v) is 1.71. The lowest BCUT2D eigenvalue weighted by molar-refractivity contribution is 0.885. The van der Waals surface area contributed by atoms with Crippen molar-refractivity contribution in [2.45, 2.75) is 6.92 Å². The molecule has 0 N–H and O–H groups in total. The summed E-state index contributed by atoms with van der Waals surface area (Å²) in [7, 11) is -0.574. The van der Waals surface area contributed by atoms with Crippen LogP contribution in [0.25, 0.3) is 0 Å². The van der Waals surface area contributed by atoms with E-state index in [1.807, 2.05) is 31.2 Å². The van der Waals surface area contributed by atoms with Crippen LogP contribution in [0.3, 0.4) is 0 Å². The summed E-state index contributed by atoms with van der Waals surface area (Å²) in [5.41, 5.74) is 1.18. The van der Waals surface area contributed by atoms with Crippen molar-refractivity contribution >= 4 is 15.0 Å². The van der Waals surface area contributed by atoms with Gasteiger partial charge in [0.05, 0.1) is 0 Å². The maximum Gasteiger partial charge on any atom is 0.333 e. The third-order valence-electron chi connectivity index (χ3n) is 1.16. The summed E-state index contributed by atoms with van der Waals surface area (Å²) in [5, 5.41) is 0.778. The number of aryl methyl sites for hydroxylation is 1. The second-order valence-electron chi connectivity index (χ2n) is 1.96. The summed E-state index contributed by atoms with van der Waals surface area (Å²) in [5.74, 6) is 0. The molecule has 0 spiro atoms. The number of halogens is 1. The Kier molecular flexibility index (Phi) is 2.00. The Labute approximate surface area is 56.7 Å². The van der Waals surface area contributed by atoms with Crippen LogP contribution in [0.4, 0.5) is 4.11 Å². The van der Waals surface area contributed by atoms with Crippen molar-refractivity contribution in [2.75, 3.05) is 0 Å². The molecule has 0 fully saturated rings. The van der Waals surface area contributed by atoms with Crippen molar-refractivity contribution in [3.8, 4) is 0 Å². The van der Waals surface area contributed by atoms with Crippen molar-refractivity contribution in [1.82, 2.24) is 0 Å². The van der Waals surface area contributed by atoms with Crippen LogP contribution in [0.15, 0.2) is 24.3 Å². The van der Waals surface area contributed by atoms with Crippen molar-refractivity contribution in [2.24, 2.45) is 0 Å². The summed E-state index contributed by atoms with van der Waals surface area (Å²) >= 11 is 0. The molecule has 0 aliphatic carbocycles. The fourth-order valence-electron chi connectivity index (χ4n) is 0.617. The monoisotopic (exact) mass is 138 g/mol. The molecule has 1 aromatic carbocycles. The Morgan fingerprint density at radius 3 is 2.22 bits per heavy atom. The van der Waals surface area contributed by atoms with Crippen LogP contribution >= 0.6 is 0 Å². The van der Waals surface area contributed by atoms with Gasteiger partial charge in [-0.25, -0.2) is 0 Å². The molecule has 0 atom stereocenters. The van der Waals surface area contributed by atoms with Gasteiger partial charge in [0.2, 0.25) is 0 Å². The zero-order chi connectivity index (χ0) is 6.69. The molecule has 0 saturated carbocycles. The number of hydrogen-bond donors (Lipinski definition) is 0. The van der Waals surface area contributed by atoms with Crippen molar-refractivity contribution < 1.29 is 4.11 Å². The SMILES string of the molecule is Cc1ccc([Si]F)cc1. The van der Waals surface area contributed by atoms with Gasteiger partial charge in [0.1, 0.15) is 0 Å². The molecule has 0 aliphatic rings. The Morgan fingerprint density at radius 1 is 1.22 bits per heavy atom. The predicted octanol–water partition coefficient (Wildman–Crippen LogP) is 1.21. The number of benzene rings is 1. The first-order chi connectivity index (χ1) is 4.33. The van der Waals surface area contributed by atoms with Gasteiger partial charge in [0.25, 0.3) is 0 Å². The minimum atomic E-state index is -0.574. The molecule has 0 amide bonds. The van der Waals surface area contributed by atoms with Gasteiger partial charge in [0, 0.05) is 0 Å². The molecule has 2 heteroatoms. The van der Waals surface area contributed by atoms with Gasteiger partial charge in [-0.2, -0.15) is 0 Å². The fourth-order valence-corrected chi connectivity index (χ4v) is 0.909. The summed E-state index contributed by atoms with van der Waals surface area (Å²) in [6.07, 6.45) is 0.